The largest absolute Gasteiger partial charge is 0.494 e. The normalized spacial score (nSPS) is 18.6. The Morgan fingerprint density at radius 3 is 2.55 bits per heavy atom. The Hall–Kier alpha value is -3.80. The van der Waals surface area contributed by atoms with E-state index < -0.39 is 33.2 Å². The summed E-state index contributed by atoms with van der Waals surface area (Å²) in [7, 11) is -3.71. The van der Waals surface area contributed by atoms with E-state index in [4.69, 9.17) is 14.6 Å². The molecule has 4 rings (SSSR count). The van der Waals surface area contributed by atoms with Crippen molar-refractivity contribution in [3.05, 3.63) is 95.8 Å². The minimum Gasteiger partial charge on any atom is -0.494 e. The predicted molar refractivity (Wildman–Crippen MR) is 148 cm³/mol. The maximum absolute atomic E-state index is 13.6. The first kappa shape index (κ1) is 29.2. The van der Waals surface area contributed by atoms with E-state index in [0.29, 0.717) is 29.9 Å². The second-order valence-electron chi connectivity index (χ2n) is 9.37. The topological polar surface area (TPSA) is 126 Å². The zero-order valence-corrected chi connectivity index (χ0v) is 22.9. The Labute approximate surface area is 232 Å². The van der Waals surface area contributed by atoms with E-state index in [0.717, 1.165) is 0 Å². The van der Waals surface area contributed by atoms with Crippen molar-refractivity contribution in [2.24, 2.45) is 4.99 Å². The summed E-state index contributed by atoms with van der Waals surface area (Å²) in [5.41, 5.74) is 5.06. The van der Waals surface area contributed by atoms with Gasteiger partial charge in [-0.15, -0.1) is 0 Å². The highest BCUT2D eigenvalue weighted by Gasteiger charge is 2.50. The molecule has 0 saturated carbocycles. The summed E-state index contributed by atoms with van der Waals surface area (Å²) in [5, 5.41) is 8.93. The number of aliphatic hydroxyl groups excluding tert-OH is 1. The van der Waals surface area contributed by atoms with Gasteiger partial charge in [-0.2, -0.15) is 0 Å². The van der Waals surface area contributed by atoms with Crippen LogP contribution < -0.4 is 15.6 Å². The summed E-state index contributed by atoms with van der Waals surface area (Å²) in [6, 6.07) is 20.9. The summed E-state index contributed by atoms with van der Waals surface area (Å²) in [6.07, 6.45) is -0.415. The Balaban J connectivity index is 1.56. The van der Waals surface area contributed by atoms with Gasteiger partial charge in [0.25, 0.3) is 5.91 Å². The molecule has 2 atom stereocenters. The molecule has 40 heavy (non-hydrogen) atoms. The number of carbonyl (C=O) groups is 1. The molecule has 3 N–H and O–H groups in total. The first-order chi connectivity index (χ1) is 19.2. The van der Waals surface area contributed by atoms with E-state index >= 15 is 0 Å². The predicted octanol–water partition coefficient (Wildman–Crippen LogP) is 3.18. The van der Waals surface area contributed by atoms with E-state index in [1.54, 1.807) is 61.5 Å². The van der Waals surface area contributed by atoms with Crippen LogP contribution in [-0.4, -0.2) is 55.9 Å². The molecule has 0 aliphatic carbocycles. The maximum atomic E-state index is 13.6. The Morgan fingerprint density at radius 2 is 1.85 bits per heavy atom. The van der Waals surface area contributed by atoms with Crippen molar-refractivity contribution in [3.8, 4) is 5.75 Å². The van der Waals surface area contributed by atoms with Crippen molar-refractivity contribution in [2.75, 3.05) is 19.0 Å². The van der Waals surface area contributed by atoms with Crippen LogP contribution >= 0.6 is 0 Å². The number of hydrazine groups is 1. The third-order valence-corrected chi connectivity index (χ3v) is 8.30. The van der Waals surface area contributed by atoms with Crippen molar-refractivity contribution >= 4 is 21.6 Å². The molecule has 3 aromatic carbocycles. The summed E-state index contributed by atoms with van der Waals surface area (Å²) < 4.78 is 51.3. The van der Waals surface area contributed by atoms with Crippen LogP contribution in [0.25, 0.3) is 0 Å². The summed E-state index contributed by atoms with van der Waals surface area (Å²) in [5.74, 6) is -0.505. The lowest BCUT2D eigenvalue weighted by Crippen LogP contribution is -2.55. The molecule has 0 aromatic heterocycles. The smallest absolute Gasteiger partial charge is 0.266 e. The van der Waals surface area contributed by atoms with Gasteiger partial charge in [-0.25, -0.2) is 23.2 Å². The SMILES string of the molecule is C[C@@H]1OC(c2ccc(OCCCO)cc2)=N[C@]1(CCS(=O)(=O)c1ccccc1)C(=O)NNCc1cccc(F)c1. The number of nitrogens with one attached hydrogen (secondary N) is 2. The Kier molecular flexibility index (Phi) is 9.51. The first-order valence-corrected chi connectivity index (χ1v) is 14.5. The summed E-state index contributed by atoms with van der Waals surface area (Å²) in [4.78, 5) is 18.4. The van der Waals surface area contributed by atoms with Crippen LogP contribution in [-0.2, 0) is 25.9 Å². The molecular weight excluding hydrogens is 537 g/mol. The molecule has 0 spiro atoms. The van der Waals surface area contributed by atoms with Gasteiger partial charge in [0.1, 0.15) is 17.7 Å². The van der Waals surface area contributed by atoms with Crippen molar-refractivity contribution < 1.29 is 32.2 Å². The molecule has 1 amide bonds. The van der Waals surface area contributed by atoms with Gasteiger partial charge in [0.15, 0.2) is 15.4 Å². The van der Waals surface area contributed by atoms with Crippen LogP contribution in [0.15, 0.2) is 88.8 Å². The minimum atomic E-state index is -3.71. The zero-order valence-electron chi connectivity index (χ0n) is 22.0. The second-order valence-corrected chi connectivity index (χ2v) is 11.5. The third-order valence-electron chi connectivity index (χ3n) is 6.57. The lowest BCUT2D eigenvalue weighted by Gasteiger charge is -2.28. The molecule has 0 fully saturated rings. The van der Waals surface area contributed by atoms with Crippen LogP contribution in [0.1, 0.15) is 30.9 Å². The van der Waals surface area contributed by atoms with Gasteiger partial charge in [-0.1, -0.05) is 30.3 Å². The number of hydrogen-bond donors (Lipinski definition) is 3. The number of aliphatic hydroxyl groups is 1. The second kappa shape index (κ2) is 13.0. The van der Waals surface area contributed by atoms with Gasteiger partial charge >= 0.3 is 0 Å². The molecule has 0 unspecified atom stereocenters. The van der Waals surface area contributed by atoms with E-state index in [2.05, 4.69) is 15.8 Å². The number of sulfone groups is 1. The van der Waals surface area contributed by atoms with Crippen molar-refractivity contribution in [2.45, 2.75) is 42.8 Å². The Bertz CT molecular complexity index is 1430. The lowest BCUT2D eigenvalue weighted by atomic mass is 9.90. The maximum Gasteiger partial charge on any atom is 0.266 e. The highest BCUT2D eigenvalue weighted by Crippen LogP contribution is 2.33. The number of carbonyl (C=O) groups excluding carboxylic acids is 1. The monoisotopic (exact) mass is 569 g/mol. The molecule has 1 aliphatic rings. The number of halogens is 1. The number of nitrogens with zero attached hydrogens (tertiary/aromatic N) is 1. The van der Waals surface area contributed by atoms with E-state index in [9.17, 15) is 17.6 Å². The lowest BCUT2D eigenvalue weighted by molar-refractivity contribution is -0.129. The molecule has 1 heterocycles. The van der Waals surface area contributed by atoms with Crippen LogP contribution in [0.5, 0.6) is 5.75 Å². The number of aliphatic imine (C=N–C) groups is 1. The van der Waals surface area contributed by atoms with Crippen LogP contribution in [0.2, 0.25) is 0 Å². The molecule has 3 aromatic rings. The standard InChI is InChI=1S/C29H32FN3O6S/c1-21-29(15-18-40(36,37)26-9-3-2-4-10-26,28(35)33-31-20-22-7-5-8-24(30)19-22)32-27(39-21)23-11-13-25(14-12-23)38-17-6-16-34/h2-5,7-14,19,21,31,34H,6,15-18,20H2,1H3,(H,33,35)/t21-,29-/m0/s1. The van der Waals surface area contributed by atoms with Gasteiger partial charge in [0.2, 0.25) is 5.90 Å². The van der Waals surface area contributed by atoms with Gasteiger partial charge in [0, 0.05) is 25.1 Å². The fraction of sp³-hybridized carbons (Fsp3) is 0.310. The molecular formula is C29H32FN3O6S. The Morgan fingerprint density at radius 1 is 1.10 bits per heavy atom. The molecule has 212 valence electrons. The molecule has 9 nitrogen and oxygen atoms in total. The fourth-order valence-electron chi connectivity index (χ4n) is 4.27. The molecule has 0 saturated heterocycles. The van der Waals surface area contributed by atoms with Crippen molar-refractivity contribution in [1.82, 2.24) is 10.9 Å². The highest BCUT2D eigenvalue weighted by atomic mass is 32.2. The van der Waals surface area contributed by atoms with Crippen LogP contribution in [0.3, 0.4) is 0 Å². The number of benzene rings is 3. The van der Waals surface area contributed by atoms with E-state index in [1.165, 1.54) is 24.3 Å². The van der Waals surface area contributed by atoms with Gasteiger partial charge < -0.3 is 14.6 Å². The van der Waals surface area contributed by atoms with Gasteiger partial charge in [-0.3, -0.25) is 10.2 Å². The quantitative estimate of drug-likeness (QED) is 0.213. The summed E-state index contributed by atoms with van der Waals surface area (Å²) >= 11 is 0. The fourth-order valence-corrected chi connectivity index (χ4v) is 5.66. The first-order valence-electron chi connectivity index (χ1n) is 12.9. The van der Waals surface area contributed by atoms with E-state index in [-0.39, 0.29) is 36.1 Å². The van der Waals surface area contributed by atoms with Crippen LogP contribution in [0.4, 0.5) is 4.39 Å². The number of rotatable bonds is 13. The van der Waals surface area contributed by atoms with Crippen molar-refractivity contribution in [3.63, 3.8) is 0 Å². The van der Waals surface area contributed by atoms with Crippen LogP contribution in [0, 0.1) is 5.82 Å². The van der Waals surface area contributed by atoms with Gasteiger partial charge in [0.05, 0.1) is 17.3 Å². The molecule has 0 radical (unpaired) electrons. The van der Waals surface area contributed by atoms with Gasteiger partial charge in [-0.05, 0) is 67.4 Å². The zero-order chi connectivity index (χ0) is 28.6. The summed E-state index contributed by atoms with van der Waals surface area (Å²) in [6.45, 7) is 2.21. The van der Waals surface area contributed by atoms with E-state index in [1.807, 2.05) is 0 Å². The molecule has 11 heteroatoms. The minimum absolute atomic E-state index is 0.0296. The van der Waals surface area contributed by atoms with Crippen molar-refractivity contribution in [1.29, 1.82) is 0 Å². The third kappa shape index (κ3) is 7.04. The molecule has 1 aliphatic heterocycles. The number of ether oxygens (including phenoxy) is 2. The highest BCUT2D eigenvalue weighted by molar-refractivity contribution is 7.91. The molecule has 0 bridgehead atoms. The number of hydrogen-bond acceptors (Lipinski definition) is 8. The number of amides is 1. The average molecular weight is 570 g/mol. The average Bonchev–Trinajstić information content (AvgIpc) is 3.30.